The molecule has 0 unspecified atom stereocenters. The molecule has 2 N–H and O–H groups in total. The molecule has 1 aromatic carbocycles. The SMILES string of the molecule is CCCCCC1(Nc2ccc(C(=O)O)cc2)CC1. The van der Waals surface area contributed by atoms with E-state index in [-0.39, 0.29) is 0 Å². The second-order valence-corrected chi connectivity index (χ2v) is 5.24. The number of carbonyl (C=O) groups is 1. The van der Waals surface area contributed by atoms with Crippen molar-refractivity contribution in [1.29, 1.82) is 0 Å². The molecule has 98 valence electrons. The van der Waals surface area contributed by atoms with Crippen LogP contribution in [0, 0.1) is 0 Å². The lowest BCUT2D eigenvalue weighted by Gasteiger charge is -2.18. The predicted molar refractivity (Wildman–Crippen MR) is 73.1 cm³/mol. The Labute approximate surface area is 108 Å². The summed E-state index contributed by atoms with van der Waals surface area (Å²) in [6, 6.07) is 7.05. The zero-order chi connectivity index (χ0) is 13.0. The molecule has 1 aliphatic carbocycles. The van der Waals surface area contributed by atoms with E-state index in [4.69, 9.17) is 5.11 Å². The van der Waals surface area contributed by atoms with Crippen LogP contribution in [0.2, 0.25) is 0 Å². The van der Waals surface area contributed by atoms with E-state index in [0.29, 0.717) is 11.1 Å². The molecule has 0 atom stereocenters. The number of anilines is 1. The third kappa shape index (κ3) is 3.25. The van der Waals surface area contributed by atoms with Crippen molar-refractivity contribution in [2.24, 2.45) is 0 Å². The number of nitrogens with one attached hydrogen (secondary N) is 1. The maximum atomic E-state index is 10.8. The molecule has 1 aliphatic rings. The van der Waals surface area contributed by atoms with Gasteiger partial charge in [-0.05, 0) is 43.5 Å². The van der Waals surface area contributed by atoms with Crippen LogP contribution >= 0.6 is 0 Å². The number of carboxylic acids is 1. The predicted octanol–water partition coefficient (Wildman–Crippen LogP) is 3.91. The van der Waals surface area contributed by atoms with Gasteiger partial charge in [-0.25, -0.2) is 4.79 Å². The maximum Gasteiger partial charge on any atom is 0.335 e. The van der Waals surface area contributed by atoms with E-state index >= 15 is 0 Å². The van der Waals surface area contributed by atoms with Gasteiger partial charge in [-0.1, -0.05) is 26.2 Å². The minimum absolute atomic E-state index is 0.292. The number of aromatic carboxylic acids is 1. The van der Waals surface area contributed by atoms with E-state index in [1.54, 1.807) is 12.1 Å². The molecule has 0 radical (unpaired) electrons. The Hall–Kier alpha value is -1.51. The topological polar surface area (TPSA) is 49.3 Å². The number of unbranched alkanes of at least 4 members (excludes halogenated alkanes) is 2. The number of benzene rings is 1. The largest absolute Gasteiger partial charge is 0.478 e. The molecular formula is C15H21NO2. The first kappa shape index (κ1) is 12.9. The van der Waals surface area contributed by atoms with Crippen LogP contribution in [0.25, 0.3) is 0 Å². The summed E-state index contributed by atoms with van der Waals surface area (Å²) >= 11 is 0. The van der Waals surface area contributed by atoms with Gasteiger partial charge in [0.25, 0.3) is 0 Å². The molecule has 1 aromatic rings. The van der Waals surface area contributed by atoms with Crippen molar-refractivity contribution in [2.75, 3.05) is 5.32 Å². The normalized spacial score (nSPS) is 16.3. The zero-order valence-corrected chi connectivity index (χ0v) is 10.9. The average molecular weight is 247 g/mol. The zero-order valence-electron chi connectivity index (χ0n) is 10.9. The Morgan fingerprint density at radius 3 is 2.44 bits per heavy atom. The van der Waals surface area contributed by atoms with Gasteiger partial charge in [-0.3, -0.25) is 0 Å². The fourth-order valence-electron chi connectivity index (χ4n) is 2.30. The van der Waals surface area contributed by atoms with Crippen LogP contribution in [0.5, 0.6) is 0 Å². The highest BCUT2D eigenvalue weighted by Crippen LogP contribution is 2.43. The van der Waals surface area contributed by atoms with Crippen molar-refractivity contribution in [3.05, 3.63) is 29.8 Å². The molecule has 0 amide bonds. The summed E-state index contributed by atoms with van der Waals surface area (Å²) < 4.78 is 0. The Morgan fingerprint density at radius 1 is 1.28 bits per heavy atom. The number of hydrogen-bond acceptors (Lipinski definition) is 2. The molecule has 3 heteroatoms. The Kier molecular flexibility index (Phi) is 3.90. The minimum Gasteiger partial charge on any atom is -0.478 e. The first-order valence-electron chi connectivity index (χ1n) is 6.77. The summed E-state index contributed by atoms with van der Waals surface area (Å²) in [4.78, 5) is 10.8. The Bertz CT molecular complexity index is 407. The Morgan fingerprint density at radius 2 is 1.94 bits per heavy atom. The van der Waals surface area contributed by atoms with Crippen molar-refractivity contribution in [2.45, 2.75) is 51.0 Å². The van der Waals surface area contributed by atoms with E-state index in [0.717, 1.165) is 5.69 Å². The second-order valence-electron chi connectivity index (χ2n) is 5.24. The summed E-state index contributed by atoms with van der Waals surface area (Å²) in [5.41, 5.74) is 1.67. The smallest absolute Gasteiger partial charge is 0.335 e. The molecule has 0 saturated heterocycles. The molecule has 0 spiro atoms. The summed E-state index contributed by atoms with van der Waals surface area (Å²) in [5, 5.41) is 12.4. The number of hydrogen-bond donors (Lipinski definition) is 2. The molecule has 2 rings (SSSR count). The average Bonchev–Trinajstić information content (AvgIpc) is 3.10. The standard InChI is InChI=1S/C15H21NO2/c1-2-3-4-9-15(10-11-15)16-13-7-5-12(6-8-13)14(17)18/h5-8,16H,2-4,9-11H2,1H3,(H,17,18). The van der Waals surface area contributed by atoms with Crippen LogP contribution in [0.4, 0.5) is 5.69 Å². The van der Waals surface area contributed by atoms with E-state index in [1.807, 2.05) is 12.1 Å². The van der Waals surface area contributed by atoms with Gasteiger partial charge in [0.05, 0.1) is 5.56 Å². The van der Waals surface area contributed by atoms with Crippen molar-refractivity contribution in [1.82, 2.24) is 0 Å². The molecule has 0 heterocycles. The molecule has 0 aliphatic heterocycles. The highest BCUT2D eigenvalue weighted by molar-refractivity contribution is 5.88. The third-order valence-electron chi connectivity index (χ3n) is 3.65. The van der Waals surface area contributed by atoms with Gasteiger partial charge < -0.3 is 10.4 Å². The summed E-state index contributed by atoms with van der Waals surface area (Å²) in [7, 11) is 0. The lowest BCUT2D eigenvalue weighted by atomic mass is 10.1. The first-order chi connectivity index (χ1) is 8.65. The van der Waals surface area contributed by atoms with Gasteiger partial charge in [-0.15, -0.1) is 0 Å². The van der Waals surface area contributed by atoms with Crippen molar-refractivity contribution in [3.63, 3.8) is 0 Å². The van der Waals surface area contributed by atoms with E-state index < -0.39 is 5.97 Å². The van der Waals surface area contributed by atoms with Gasteiger partial charge in [0.15, 0.2) is 0 Å². The van der Waals surface area contributed by atoms with Gasteiger partial charge in [0, 0.05) is 11.2 Å². The van der Waals surface area contributed by atoms with Crippen LogP contribution in [0.3, 0.4) is 0 Å². The van der Waals surface area contributed by atoms with Crippen molar-refractivity contribution in [3.8, 4) is 0 Å². The lowest BCUT2D eigenvalue weighted by molar-refractivity contribution is 0.0697. The third-order valence-corrected chi connectivity index (χ3v) is 3.65. The molecule has 18 heavy (non-hydrogen) atoms. The van der Waals surface area contributed by atoms with E-state index in [9.17, 15) is 4.79 Å². The molecular weight excluding hydrogens is 226 g/mol. The maximum absolute atomic E-state index is 10.8. The first-order valence-corrected chi connectivity index (χ1v) is 6.77. The molecule has 3 nitrogen and oxygen atoms in total. The Balaban J connectivity index is 1.91. The van der Waals surface area contributed by atoms with Crippen molar-refractivity contribution >= 4 is 11.7 Å². The van der Waals surface area contributed by atoms with Crippen LogP contribution in [-0.2, 0) is 0 Å². The van der Waals surface area contributed by atoms with Gasteiger partial charge >= 0.3 is 5.97 Å². The van der Waals surface area contributed by atoms with Crippen LogP contribution in [-0.4, -0.2) is 16.6 Å². The minimum atomic E-state index is -0.870. The summed E-state index contributed by atoms with van der Waals surface area (Å²) in [6.07, 6.45) is 7.51. The fraction of sp³-hybridized carbons (Fsp3) is 0.533. The fourth-order valence-corrected chi connectivity index (χ4v) is 2.30. The molecule has 1 fully saturated rings. The van der Waals surface area contributed by atoms with Crippen LogP contribution < -0.4 is 5.32 Å². The molecule has 0 aromatic heterocycles. The monoisotopic (exact) mass is 247 g/mol. The van der Waals surface area contributed by atoms with E-state index in [1.165, 1.54) is 38.5 Å². The van der Waals surface area contributed by atoms with Gasteiger partial charge in [0.1, 0.15) is 0 Å². The van der Waals surface area contributed by atoms with Crippen LogP contribution in [0.1, 0.15) is 55.8 Å². The number of rotatable bonds is 7. The van der Waals surface area contributed by atoms with Crippen LogP contribution in [0.15, 0.2) is 24.3 Å². The van der Waals surface area contributed by atoms with Gasteiger partial charge in [-0.2, -0.15) is 0 Å². The number of carboxylic acid groups (broad SMARTS) is 1. The van der Waals surface area contributed by atoms with Gasteiger partial charge in [0.2, 0.25) is 0 Å². The molecule has 0 bridgehead atoms. The molecule has 1 saturated carbocycles. The lowest BCUT2D eigenvalue weighted by Crippen LogP contribution is -2.20. The van der Waals surface area contributed by atoms with E-state index in [2.05, 4.69) is 12.2 Å². The highest BCUT2D eigenvalue weighted by Gasteiger charge is 2.41. The van der Waals surface area contributed by atoms with Crippen molar-refractivity contribution < 1.29 is 9.90 Å². The highest BCUT2D eigenvalue weighted by atomic mass is 16.4. The summed E-state index contributed by atoms with van der Waals surface area (Å²) in [6.45, 7) is 2.22. The second kappa shape index (κ2) is 5.42. The quantitative estimate of drug-likeness (QED) is 0.718. The summed E-state index contributed by atoms with van der Waals surface area (Å²) in [5.74, 6) is -0.870.